The van der Waals surface area contributed by atoms with Crippen LogP contribution in [0.1, 0.15) is 39.5 Å². The molecule has 4 unspecified atom stereocenters. The summed E-state index contributed by atoms with van der Waals surface area (Å²) in [4.78, 5) is 0. The number of hydrogen-bond acceptors (Lipinski definition) is 3. The highest BCUT2D eigenvalue weighted by atomic mass is 16.3. The van der Waals surface area contributed by atoms with Crippen LogP contribution in [0.15, 0.2) is 0 Å². The van der Waals surface area contributed by atoms with Gasteiger partial charge in [0.25, 0.3) is 0 Å². The summed E-state index contributed by atoms with van der Waals surface area (Å²) >= 11 is 0. The van der Waals surface area contributed by atoms with Gasteiger partial charge in [-0.2, -0.15) is 5.26 Å². The van der Waals surface area contributed by atoms with Crippen LogP contribution in [0.4, 0.5) is 0 Å². The molecule has 3 nitrogen and oxygen atoms in total. The van der Waals surface area contributed by atoms with Crippen LogP contribution in [0.25, 0.3) is 0 Å². The molecule has 3 heteroatoms. The molecule has 90 valence electrons. The molecule has 0 amide bonds. The molecule has 0 aromatic rings. The van der Waals surface area contributed by atoms with Crippen molar-refractivity contribution in [1.29, 1.82) is 5.26 Å². The summed E-state index contributed by atoms with van der Waals surface area (Å²) in [7, 11) is 0. The minimum Gasteiger partial charge on any atom is -0.388 e. The molecule has 2 N–H and O–H groups in total. The zero-order valence-electron chi connectivity index (χ0n) is 10.3. The maximum Gasteiger partial charge on any atom is 0.0882 e. The van der Waals surface area contributed by atoms with Crippen LogP contribution in [0, 0.1) is 28.6 Å². The number of nitrogens with zero attached hydrogens (tertiary/aromatic N) is 1. The van der Waals surface area contributed by atoms with Crippen LogP contribution in [-0.2, 0) is 0 Å². The Kier molecular flexibility index (Phi) is 2.98. The van der Waals surface area contributed by atoms with Gasteiger partial charge in [0.2, 0.25) is 0 Å². The van der Waals surface area contributed by atoms with E-state index in [0.717, 1.165) is 32.4 Å². The van der Waals surface area contributed by atoms with Crippen LogP contribution in [0.2, 0.25) is 0 Å². The monoisotopic (exact) mass is 222 g/mol. The zero-order chi connectivity index (χ0) is 11.8. The van der Waals surface area contributed by atoms with Gasteiger partial charge in [0.15, 0.2) is 0 Å². The summed E-state index contributed by atoms with van der Waals surface area (Å²) in [5, 5.41) is 23.8. The van der Waals surface area contributed by atoms with Gasteiger partial charge in [-0.25, -0.2) is 0 Å². The standard InChI is InChI=1S/C13H22N2O/c1-10-3-4-12(7-10,9-14)13(16)5-6-15-8-11(13)2/h10-11,15-16H,3-8H2,1-2H3. The first-order chi connectivity index (χ1) is 7.54. The molecule has 1 heterocycles. The Balaban J connectivity index is 2.29. The van der Waals surface area contributed by atoms with Crippen LogP contribution in [0.5, 0.6) is 0 Å². The third kappa shape index (κ3) is 1.56. The molecule has 0 spiro atoms. The first-order valence-corrected chi connectivity index (χ1v) is 6.38. The molecule has 1 saturated carbocycles. The van der Waals surface area contributed by atoms with Crippen molar-refractivity contribution in [2.24, 2.45) is 17.3 Å². The zero-order valence-corrected chi connectivity index (χ0v) is 10.3. The van der Waals surface area contributed by atoms with Gasteiger partial charge in [0, 0.05) is 6.54 Å². The fourth-order valence-corrected chi connectivity index (χ4v) is 3.61. The van der Waals surface area contributed by atoms with Crippen LogP contribution in [0.3, 0.4) is 0 Å². The number of rotatable bonds is 1. The summed E-state index contributed by atoms with van der Waals surface area (Å²) in [6, 6.07) is 2.47. The van der Waals surface area contributed by atoms with Crippen molar-refractivity contribution in [3.8, 4) is 6.07 Å². The third-order valence-corrected chi connectivity index (χ3v) is 4.75. The lowest BCUT2D eigenvalue weighted by Gasteiger charge is -2.47. The maximum atomic E-state index is 10.9. The predicted molar refractivity (Wildman–Crippen MR) is 62.7 cm³/mol. The van der Waals surface area contributed by atoms with Gasteiger partial charge in [-0.05, 0) is 44.1 Å². The van der Waals surface area contributed by atoms with E-state index in [-0.39, 0.29) is 5.92 Å². The molecule has 16 heavy (non-hydrogen) atoms. The maximum absolute atomic E-state index is 10.9. The number of hydrogen-bond donors (Lipinski definition) is 2. The van der Waals surface area contributed by atoms with E-state index < -0.39 is 11.0 Å². The summed E-state index contributed by atoms with van der Waals surface area (Å²) < 4.78 is 0. The van der Waals surface area contributed by atoms with E-state index >= 15 is 0 Å². The van der Waals surface area contributed by atoms with Gasteiger partial charge in [0.05, 0.1) is 17.1 Å². The average molecular weight is 222 g/mol. The van der Waals surface area contributed by atoms with Gasteiger partial charge < -0.3 is 10.4 Å². The number of nitriles is 1. The van der Waals surface area contributed by atoms with Gasteiger partial charge in [-0.3, -0.25) is 0 Å². The van der Waals surface area contributed by atoms with E-state index in [1.54, 1.807) is 0 Å². The van der Waals surface area contributed by atoms with Crippen LogP contribution >= 0.6 is 0 Å². The lowest BCUT2D eigenvalue weighted by Crippen LogP contribution is -2.58. The second-order valence-corrected chi connectivity index (χ2v) is 5.82. The molecule has 2 fully saturated rings. The molecule has 0 bridgehead atoms. The molecule has 1 aliphatic heterocycles. The van der Waals surface area contributed by atoms with Crippen molar-refractivity contribution in [2.45, 2.75) is 45.1 Å². The highest BCUT2D eigenvalue weighted by Crippen LogP contribution is 2.53. The van der Waals surface area contributed by atoms with Crippen molar-refractivity contribution < 1.29 is 5.11 Å². The minimum absolute atomic E-state index is 0.172. The quantitative estimate of drug-likeness (QED) is 0.709. The highest BCUT2D eigenvalue weighted by molar-refractivity contribution is 5.17. The third-order valence-electron chi connectivity index (χ3n) is 4.75. The van der Waals surface area contributed by atoms with E-state index in [9.17, 15) is 10.4 Å². The summed E-state index contributed by atoms with van der Waals surface area (Å²) in [6.45, 7) is 5.91. The Morgan fingerprint density at radius 1 is 1.38 bits per heavy atom. The molecule has 0 radical (unpaired) electrons. The van der Waals surface area contributed by atoms with Crippen LogP contribution in [-0.4, -0.2) is 23.8 Å². The molecule has 0 aromatic heterocycles. The predicted octanol–water partition coefficient (Wildman–Crippen LogP) is 1.68. The normalized spacial score (nSPS) is 48.9. The number of nitrogens with one attached hydrogen (secondary N) is 1. The fraction of sp³-hybridized carbons (Fsp3) is 0.923. The largest absolute Gasteiger partial charge is 0.388 e. The van der Waals surface area contributed by atoms with E-state index in [0.29, 0.717) is 12.3 Å². The number of aliphatic hydroxyl groups is 1. The van der Waals surface area contributed by atoms with E-state index in [2.05, 4.69) is 25.2 Å². The topological polar surface area (TPSA) is 56.0 Å². The molecular weight excluding hydrogens is 200 g/mol. The van der Waals surface area contributed by atoms with Gasteiger partial charge in [-0.1, -0.05) is 13.8 Å². The van der Waals surface area contributed by atoms with Gasteiger partial charge >= 0.3 is 0 Å². The lowest BCUT2D eigenvalue weighted by molar-refractivity contribution is -0.112. The smallest absolute Gasteiger partial charge is 0.0882 e. The summed E-state index contributed by atoms with van der Waals surface area (Å²) in [5.74, 6) is 0.747. The molecule has 1 aliphatic carbocycles. The first-order valence-electron chi connectivity index (χ1n) is 6.38. The van der Waals surface area contributed by atoms with E-state index in [1.165, 1.54) is 0 Å². The Morgan fingerprint density at radius 3 is 2.62 bits per heavy atom. The van der Waals surface area contributed by atoms with E-state index in [4.69, 9.17) is 0 Å². The van der Waals surface area contributed by atoms with Crippen molar-refractivity contribution in [3.05, 3.63) is 0 Å². The summed E-state index contributed by atoms with van der Waals surface area (Å²) in [6.07, 6.45) is 3.53. The van der Waals surface area contributed by atoms with Gasteiger partial charge in [0.1, 0.15) is 0 Å². The average Bonchev–Trinajstić information content (AvgIpc) is 2.66. The second kappa shape index (κ2) is 4.01. The minimum atomic E-state index is -0.780. The van der Waals surface area contributed by atoms with Crippen LogP contribution < -0.4 is 5.32 Å². The Labute approximate surface area is 97.8 Å². The van der Waals surface area contributed by atoms with Gasteiger partial charge in [-0.15, -0.1) is 0 Å². The molecule has 4 atom stereocenters. The Morgan fingerprint density at radius 2 is 2.12 bits per heavy atom. The molecular formula is C13H22N2O. The highest BCUT2D eigenvalue weighted by Gasteiger charge is 2.56. The fourth-order valence-electron chi connectivity index (χ4n) is 3.61. The van der Waals surface area contributed by atoms with Crippen molar-refractivity contribution in [2.75, 3.05) is 13.1 Å². The molecule has 2 rings (SSSR count). The van der Waals surface area contributed by atoms with Crippen molar-refractivity contribution >= 4 is 0 Å². The Hall–Kier alpha value is -0.590. The lowest BCUT2D eigenvalue weighted by atomic mass is 9.62. The second-order valence-electron chi connectivity index (χ2n) is 5.82. The molecule has 0 aromatic carbocycles. The van der Waals surface area contributed by atoms with E-state index in [1.807, 2.05) is 0 Å². The number of piperidine rings is 1. The summed E-state index contributed by atoms with van der Waals surface area (Å²) in [5.41, 5.74) is -1.27. The molecule has 1 saturated heterocycles. The SMILES string of the molecule is CC1CCC(C#N)(C2(O)CCNCC2C)C1. The first kappa shape index (κ1) is 11.9. The van der Waals surface area contributed by atoms with Crippen molar-refractivity contribution in [3.63, 3.8) is 0 Å². The van der Waals surface area contributed by atoms with Crippen molar-refractivity contribution in [1.82, 2.24) is 5.32 Å². The Bertz CT molecular complexity index is 312. The molecule has 2 aliphatic rings.